The van der Waals surface area contributed by atoms with Gasteiger partial charge < -0.3 is 20.3 Å². The highest BCUT2D eigenvalue weighted by molar-refractivity contribution is 5.93. The zero-order chi connectivity index (χ0) is 28.1. The molecular weight excluding hydrogens is 478 g/mol. The van der Waals surface area contributed by atoms with Crippen LogP contribution in [0, 0.1) is 12.3 Å². The minimum absolute atomic E-state index is 0.121. The smallest absolute Gasteiger partial charge is 0.408 e. The molecule has 202 valence electrons. The van der Waals surface area contributed by atoms with Gasteiger partial charge in [0.25, 0.3) is 0 Å². The van der Waals surface area contributed by atoms with Gasteiger partial charge in [0.05, 0.1) is 0 Å². The highest BCUT2D eigenvalue weighted by atomic mass is 16.6. The Bertz CT molecular complexity index is 1170. The summed E-state index contributed by atoms with van der Waals surface area (Å²) >= 11 is 0. The fourth-order valence-electron chi connectivity index (χ4n) is 4.19. The maximum absolute atomic E-state index is 14.3. The Morgan fingerprint density at radius 3 is 2.11 bits per heavy atom. The molecule has 2 unspecified atom stereocenters. The largest absolute Gasteiger partial charge is 0.444 e. The van der Waals surface area contributed by atoms with E-state index in [9.17, 15) is 14.4 Å². The average Bonchev–Trinajstić information content (AvgIpc) is 3.65. The Balaban J connectivity index is 2.02. The number of nitrogens with zero attached hydrogens (tertiary/aromatic N) is 1. The number of amides is 3. The molecule has 2 aromatic carbocycles. The van der Waals surface area contributed by atoms with Crippen molar-refractivity contribution in [3.63, 3.8) is 0 Å². The second kappa shape index (κ2) is 11.7. The van der Waals surface area contributed by atoms with Gasteiger partial charge in [-0.3, -0.25) is 9.59 Å². The van der Waals surface area contributed by atoms with Crippen LogP contribution >= 0.6 is 0 Å². The molecule has 7 nitrogen and oxygen atoms in total. The second-order valence-electron chi connectivity index (χ2n) is 11.8. The Morgan fingerprint density at radius 2 is 1.61 bits per heavy atom. The number of nitrogens with one attached hydrogen (secondary N) is 2. The molecular formula is C31H39N3O4. The summed E-state index contributed by atoms with van der Waals surface area (Å²) in [6.45, 7) is 11.0. The topological polar surface area (TPSA) is 87.7 Å². The first-order valence-corrected chi connectivity index (χ1v) is 13.0. The third kappa shape index (κ3) is 8.37. The number of terminal acetylenes is 1. The van der Waals surface area contributed by atoms with Crippen LogP contribution < -0.4 is 10.6 Å². The molecule has 0 saturated heterocycles. The van der Waals surface area contributed by atoms with Crippen LogP contribution in [0.4, 0.5) is 4.79 Å². The number of hydrogen-bond donors (Lipinski definition) is 2. The Morgan fingerprint density at radius 1 is 1.00 bits per heavy atom. The molecule has 3 amide bonds. The number of alkyl carbamates (subject to hydrolysis) is 1. The van der Waals surface area contributed by atoms with E-state index >= 15 is 0 Å². The molecule has 0 bridgehead atoms. The first-order valence-electron chi connectivity index (χ1n) is 13.0. The summed E-state index contributed by atoms with van der Waals surface area (Å²) in [4.78, 5) is 42.4. The van der Waals surface area contributed by atoms with E-state index < -0.39 is 29.3 Å². The fourth-order valence-corrected chi connectivity index (χ4v) is 4.19. The number of benzene rings is 2. The fraction of sp³-hybridized carbons (Fsp3) is 0.452. The van der Waals surface area contributed by atoms with Crippen LogP contribution in [0.2, 0.25) is 0 Å². The van der Waals surface area contributed by atoms with E-state index in [2.05, 4.69) is 16.6 Å². The van der Waals surface area contributed by atoms with Crippen LogP contribution in [-0.4, -0.2) is 46.0 Å². The van der Waals surface area contributed by atoms with Crippen molar-refractivity contribution in [2.24, 2.45) is 0 Å². The van der Waals surface area contributed by atoms with Crippen molar-refractivity contribution >= 4 is 17.9 Å². The maximum Gasteiger partial charge on any atom is 0.408 e. The molecule has 2 N–H and O–H groups in total. The minimum atomic E-state index is -0.928. The van der Waals surface area contributed by atoms with Gasteiger partial charge in [0.1, 0.15) is 17.7 Å². The lowest BCUT2D eigenvalue weighted by molar-refractivity contribution is -0.143. The van der Waals surface area contributed by atoms with Gasteiger partial charge in [-0.1, -0.05) is 48.4 Å². The molecule has 1 saturated carbocycles. The lowest BCUT2D eigenvalue weighted by atomic mass is 9.98. The van der Waals surface area contributed by atoms with E-state index in [1.807, 2.05) is 51.1 Å². The number of carbonyl (C=O) groups excluding carboxylic acids is 3. The Kier molecular flexibility index (Phi) is 8.88. The highest BCUT2D eigenvalue weighted by Crippen LogP contribution is 2.36. The van der Waals surface area contributed by atoms with Crippen LogP contribution in [0.1, 0.15) is 77.1 Å². The summed E-state index contributed by atoms with van der Waals surface area (Å²) in [5.74, 6) is 1.97. The summed E-state index contributed by atoms with van der Waals surface area (Å²) in [7, 11) is 0. The molecule has 0 aromatic heterocycles. The van der Waals surface area contributed by atoms with Gasteiger partial charge in [0.2, 0.25) is 11.8 Å². The molecule has 7 heteroatoms. The van der Waals surface area contributed by atoms with Crippen molar-refractivity contribution < 1.29 is 19.1 Å². The molecule has 1 aliphatic carbocycles. The van der Waals surface area contributed by atoms with Crippen molar-refractivity contribution in [2.45, 2.75) is 90.1 Å². The van der Waals surface area contributed by atoms with Gasteiger partial charge in [-0.25, -0.2) is 4.79 Å². The molecule has 2 aromatic rings. The molecule has 0 aliphatic heterocycles. The summed E-state index contributed by atoms with van der Waals surface area (Å²) in [5.41, 5.74) is 0.981. The van der Waals surface area contributed by atoms with E-state index in [-0.39, 0.29) is 24.3 Å². The monoisotopic (exact) mass is 517 g/mol. The van der Waals surface area contributed by atoms with Gasteiger partial charge in [0, 0.05) is 23.6 Å². The van der Waals surface area contributed by atoms with Crippen LogP contribution in [0.5, 0.6) is 0 Å². The Hall–Kier alpha value is -3.79. The van der Waals surface area contributed by atoms with Crippen molar-refractivity contribution in [3.8, 4) is 12.3 Å². The maximum atomic E-state index is 14.3. The van der Waals surface area contributed by atoms with E-state index in [4.69, 9.17) is 11.2 Å². The first kappa shape index (κ1) is 28.8. The molecule has 2 atom stereocenters. The molecule has 38 heavy (non-hydrogen) atoms. The SMILES string of the molecule is C#Cc1ccc(C(C(=O)NC(C)(C)C)N(C(=O)C(Cc2ccccc2)NC(=O)OC(C)(C)C)C2CC2)cc1. The van der Waals surface area contributed by atoms with Crippen molar-refractivity contribution in [3.05, 3.63) is 71.3 Å². The van der Waals surface area contributed by atoms with Gasteiger partial charge in [-0.2, -0.15) is 0 Å². The van der Waals surface area contributed by atoms with Gasteiger partial charge >= 0.3 is 6.09 Å². The van der Waals surface area contributed by atoms with E-state index in [0.29, 0.717) is 11.1 Å². The third-order valence-electron chi connectivity index (χ3n) is 5.88. The second-order valence-corrected chi connectivity index (χ2v) is 11.8. The lowest BCUT2D eigenvalue weighted by Gasteiger charge is -2.36. The van der Waals surface area contributed by atoms with Crippen molar-refractivity contribution in [1.82, 2.24) is 15.5 Å². The van der Waals surface area contributed by atoms with E-state index in [0.717, 1.165) is 18.4 Å². The Labute approximate surface area is 226 Å². The zero-order valence-electron chi connectivity index (χ0n) is 23.2. The first-order chi connectivity index (χ1) is 17.8. The molecule has 0 radical (unpaired) electrons. The quantitative estimate of drug-likeness (QED) is 0.495. The van der Waals surface area contributed by atoms with Crippen molar-refractivity contribution in [1.29, 1.82) is 0 Å². The molecule has 0 spiro atoms. The number of carbonyl (C=O) groups is 3. The van der Waals surface area contributed by atoms with Crippen LogP contribution in [0.25, 0.3) is 0 Å². The third-order valence-corrected chi connectivity index (χ3v) is 5.88. The van der Waals surface area contributed by atoms with Crippen LogP contribution in [0.15, 0.2) is 54.6 Å². The summed E-state index contributed by atoms with van der Waals surface area (Å²) in [6.07, 6.45) is 6.67. The number of hydrogen-bond acceptors (Lipinski definition) is 4. The van der Waals surface area contributed by atoms with Crippen LogP contribution in [-0.2, 0) is 20.7 Å². The molecule has 0 heterocycles. The number of rotatable bonds is 8. The van der Waals surface area contributed by atoms with Crippen LogP contribution in [0.3, 0.4) is 0 Å². The summed E-state index contributed by atoms with van der Waals surface area (Å²) in [6, 6.07) is 14.6. The summed E-state index contributed by atoms with van der Waals surface area (Å²) in [5, 5.41) is 5.83. The van der Waals surface area contributed by atoms with Gasteiger partial charge in [0.15, 0.2) is 0 Å². The normalized spacial score (nSPS) is 15.0. The van der Waals surface area contributed by atoms with Crippen molar-refractivity contribution in [2.75, 3.05) is 0 Å². The predicted octanol–water partition coefficient (Wildman–Crippen LogP) is 4.75. The lowest BCUT2D eigenvalue weighted by Crippen LogP contribution is -2.55. The van der Waals surface area contributed by atoms with Gasteiger partial charge in [-0.15, -0.1) is 6.42 Å². The standard InChI is InChI=1S/C31H39N3O4/c1-8-21-14-16-23(17-15-21)26(27(35)33-30(2,3)4)34(24-18-19-24)28(36)25(20-22-12-10-9-11-13-22)32-29(37)38-31(5,6)7/h1,9-17,24-26H,18-20H2,2-7H3,(H,32,37)(H,33,35). The highest BCUT2D eigenvalue weighted by Gasteiger charge is 2.44. The zero-order valence-corrected chi connectivity index (χ0v) is 23.2. The van der Waals surface area contributed by atoms with Gasteiger partial charge in [-0.05, 0) is 77.6 Å². The van der Waals surface area contributed by atoms with E-state index in [1.165, 1.54) is 0 Å². The molecule has 3 rings (SSSR count). The molecule has 1 aliphatic rings. The number of ether oxygens (including phenoxy) is 1. The predicted molar refractivity (Wildman–Crippen MR) is 148 cm³/mol. The molecule has 1 fully saturated rings. The summed E-state index contributed by atoms with van der Waals surface area (Å²) < 4.78 is 5.48. The minimum Gasteiger partial charge on any atom is -0.444 e. The van der Waals surface area contributed by atoms with E-state index in [1.54, 1.807) is 49.9 Å². The average molecular weight is 518 g/mol.